The van der Waals surface area contributed by atoms with Crippen molar-refractivity contribution in [2.24, 2.45) is 5.92 Å². The fraction of sp³-hybridized carbons (Fsp3) is 0.333. The van der Waals surface area contributed by atoms with Crippen molar-refractivity contribution in [3.8, 4) is 0 Å². The van der Waals surface area contributed by atoms with Gasteiger partial charge in [-0.1, -0.05) is 19.9 Å². The first-order chi connectivity index (χ1) is 9.65. The van der Waals surface area contributed by atoms with E-state index in [1.54, 1.807) is 18.0 Å². The normalized spacial score (nSPS) is 11.0. The molecular formula is C15H18BrN3S. The second kappa shape index (κ2) is 7.76. The fourth-order valence-electron chi connectivity index (χ4n) is 1.63. The van der Waals surface area contributed by atoms with Gasteiger partial charge in [0.15, 0.2) is 0 Å². The Bertz CT molecular complexity index is 543. The Morgan fingerprint density at radius 3 is 2.75 bits per heavy atom. The summed E-state index contributed by atoms with van der Waals surface area (Å²) in [5.41, 5.74) is 1.20. The third-order valence-corrected chi connectivity index (χ3v) is 4.48. The summed E-state index contributed by atoms with van der Waals surface area (Å²) in [5.74, 6) is 0.666. The van der Waals surface area contributed by atoms with Crippen LogP contribution in [0.2, 0.25) is 0 Å². The van der Waals surface area contributed by atoms with E-state index in [9.17, 15) is 0 Å². The van der Waals surface area contributed by atoms with Gasteiger partial charge < -0.3 is 5.32 Å². The first-order valence-electron chi connectivity index (χ1n) is 6.59. The van der Waals surface area contributed by atoms with Crippen LogP contribution in [-0.2, 0) is 6.54 Å². The number of nitrogens with zero attached hydrogens (tertiary/aromatic N) is 2. The molecule has 0 fully saturated rings. The average molecular weight is 352 g/mol. The Morgan fingerprint density at radius 2 is 2.10 bits per heavy atom. The number of hydrogen-bond acceptors (Lipinski definition) is 4. The maximum atomic E-state index is 4.47. The Labute approximate surface area is 132 Å². The lowest BCUT2D eigenvalue weighted by Gasteiger charge is -2.07. The van der Waals surface area contributed by atoms with Crippen molar-refractivity contribution in [1.82, 2.24) is 15.3 Å². The van der Waals surface area contributed by atoms with Crippen LogP contribution in [0.25, 0.3) is 0 Å². The molecule has 0 aliphatic carbocycles. The summed E-state index contributed by atoms with van der Waals surface area (Å²) < 4.78 is 0.995. The molecule has 0 radical (unpaired) electrons. The number of pyridine rings is 2. The summed E-state index contributed by atoms with van der Waals surface area (Å²) in [4.78, 5) is 8.80. The summed E-state index contributed by atoms with van der Waals surface area (Å²) >= 11 is 5.06. The summed E-state index contributed by atoms with van der Waals surface area (Å²) in [7, 11) is 0. The average Bonchev–Trinajstić information content (AvgIpc) is 2.43. The van der Waals surface area contributed by atoms with Crippen molar-refractivity contribution in [2.45, 2.75) is 30.4 Å². The monoisotopic (exact) mass is 351 g/mol. The zero-order chi connectivity index (χ0) is 14.4. The molecule has 0 aliphatic rings. The Hall–Kier alpha value is -0.910. The molecule has 106 valence electrons. The van der Waals surface area contributed by atoms with Gasteiger partial charge in [-0.3, -0.25) is 0 Å². The molecule has 5 heteroatoms. The predicted molar refractivity (Wildman–Crippen MR) is 86.8 cm³/mol. The molecule has 0 saturated carbocycles. The van der Waals surface area contributed by atoms with E-state index < -0.39 is 0 Å². The SMILES string of the molecule is CC(C)CNCc1ccc(Sc2ncccc2Br)nc1. The second-order valence-corrected chi connectivity index (χ2v) is 6.79. The highest BCUT2D eigenvalue weighted by Crippen LogP contribution is 2.29. The molecule has 0 aliphatic heterocycles. The van der Waals surface area contributed by atoms with E-state index in [2.05, 4.69) is 51.1 Å². The molecule has 3 nitrogen and oxygen atoms in total. The van der Waals surface area contributed by atoms with Gasteiger partial charge in [0.1, 0.15) is 10.1 Å². The standard InChI is InChI=1S/C15H18BrN3S/c1-11(2)8-17-9-12-5-6-14(19-10-12)20-15-13(16)4-3-7-18-15/h3-7,10-11,17H,8-9H2,1-2H3. The third kappa shape index (κ3) is 4.89. The lowest BCUT2D eigenvalue weighted by atomic mass is 10.2. The molecule has 0 saturated heterocycles. The maximum absolute atomic E-state index is 4.47. The van der Waals surface area contributed by atoms with Crippen LogP contribution >= 0.6 is 27.7 Å². The van der Waals surface area contributed by atoms with Crippen LogP contribution in [0.1, 0.15) is 19.4 Å². The minimum absolute atomic E-state index is 0.666. The Balaban J connectivity index is 1.93. The van der Waals surface area contributed by atoms with Gasteiger partial charge in [0.05, 0.1) is 4.47 Å². The van der Waals surface area contributed by atoms with Gasteiger partial charge >= 0.3 is 0 Å². The highest BCUT2D eigenvalue weighted by Gasteiger charge is 2.04. The molecule has 0 unspecified atom stereocenters. The van der Waals surface area contributed by atoms with Crippen molar-refractivity contribution in [1.29, 1.82) is 0 Å². The molecule has 0 aromatic carbocycles. The van der Waals surface area contributed by atoms with Crippen LogP contribution in [0.5, 0.6) is 0 Å². The minimum Gasteiger partial charge on any atom is -0.312 e. The molecule has 0 bridgehead atoms. The van der Waals surface area contributed by atoms with E-state index in [1.165, 1.54) is 5.56 Å². The van der Waals surface area contributed by atoms with Crippen molar-refractivity contribution < 1.29 is 0 Å². The molecule has 1 N–H and O–H groups in total. The molecule has 0 amide bonds. The number of nitrogens with one attached hydrogen (secondary N) is 1. The maximum Gasteiger partial charge on any atom is 0.116 e. The van der Waals surface area contributed by atoms with Crippen LogP contribution in [0.4, 0.5) is 0 Å². The molecule has 0 spiro atoms. The number of hydrogen-bond donors (Lipinski definition) is 1. The molecule has 2 rings (SSSR count). The Morgan fingerprint density at radius 1 is 1.25 bits per heavy atom. The van der Waals surface area contributed by atoms with Crippen molar-refractivity contribution >= 4 is 27.7 Å². The fourth-order valence-corrected chi connectivity index (χ4v) is 2.84. The zero-order valence-electron chi connectivity index (χ0n) is 11.6. The largest absolute Gasteiger partial charge is 0.312 e. The van der Waals surface area contributed by atoms with Crippen LogP contribution in [-0.4, -0.2) is 16.5 Å². The van der Waals surface area contributed by atoms with Gasteiger partial charge in [-0.05, 0) is 63.9 Å². The molecule has 2 heterocycles. The quantitative estimate of drug-likeness (QED) is 0.848. The lowest BCUT2D eigenvalue weighted by molar-refractivity contribution is 0.551. The first-order valence-corrected chi connectivity index (χ1v) is 8.20. The number of rotatable bonds is 6. The molecular weight excluding hydrogens is 334 g/mol. The Kier molecular flexibility index (Phi) is 6.01. The molecule has 0 atom stereocenters. The summed E-state index contributed by atoms with van der Waals surface area (Å²) in [5, 5.41) is 5.30. The number of aromatic nitrogens is 2. The predicted octanol–water partition coefficient (Wildman–Crippen LogP) is 4.14. The smallest absolute Gasteiger partial charge is 0.116 e. The second-order valence-electron chi connectivity index (χ2n) is 4.92. The van der Waals surface area contributed by atoms with Crippen molar-refractivity contribution in [2.75, 3.05) is 6.54 Å². The highest BCUT2D eigenvalue weighted by atomic mass is 79.9. The summed E-state index contributed by atoms with van der Waals surface area (Å²) in [6, 6.07) is 8.04. The van der Waals surface area contributed by atoms with Gasteiger partial charge in [-0.15, -0.1) is 0 Å². The van der Waals surface area contributed by atoms with E-state index in [0.717, 1.165) is 27.6 Å². The van der Waals surface area contributed by atoms with Gasteiger partial charge in [-0.2, -0.15) is 0 Å². The van der Waals surface area contributed by atoms with Crippen LogP contribution < -0.4 is 5.32 Å². The highest BCUT2D eigenvalue weighted by molar-refractivity contribution is 9.10. The molecule has 2 aromatic rings. The van der Waals surface area contributed by atoms with E-state index in [0.29, 0.717) is 5.92 Å². The minimum atomic E-state index is 0.666. The van der Waals surface area contributed by atoms with Crippen LogP contribution in [0, 0.1) is 5.92 Å². The number of halogens is 1. The van der Waals surface area contributed by atoms with Crippen molar-refractivity contribution in [3.05, 3.63) is 46.7 Å². The van der Waals surface area contributed by atoms with Gasteiger partial charge in [-0.25, -0.2) is 9.97 Å². The van der Waals surface area contributed by atoms with E-state index in [4.69, 9.17) is 0 Å². The summed E-state index contributed by atoms with van der Waals surface area (Å²) in [6.07, 6.45) is 3.71. The first kappa shape index (κ1) is 15.5. The van der Waals surface area contributed by atoms with Gasteiger partial charge in [0, 0.05) is 18.9 Å². The van der Waals surface area contributed by atoms with E-state index in [-0.39, 0.29) is 0 Å². The molecule has 20 heavy (non-hydrogen) atoms. The van der Waals surface area contributed by atoms with Crippen LogP contribution in [0.3, 0.4) is 0 Å². The third-order valence-electron chi connectivity index (χ3n) is 2.61. The van der Waals surface area contributed by atoms with Crippen LogP contribution in [0.15, 0.2) is 51.2 Å². The van der Waals surface area contributed by atoms with Gasteiger partial charge in [0.2, 0.25) is 0 Å². The van der Waals surface area contributed by atoms with Gasteiger partial charge in [0.25, 0.3) is 0 Å². The molecule has 2 aromatic heterocycles. The van der Waals surface area contributed by atoms with Crippen molar-refractivity contribution in [3.63, 3.8) is 0 Å². The lowest BCUT2D eigenvalue weighted by Crippen LogP contribution is -2.18. The van der Waals surface area contributed by atoms with E-state index >= 15 is 0 Å². The van der Waals surface area contributed by atoms with E-state index in [1.807, 2.05) is 24.4 Å². The zero-order valence-corrected chi connectivity index (χ0v) is 14.0. The topological polar surface area (TPSA) is 37.8 Å². The summed E-state index contributed by atoms with van der Waals surface area (Å²) in [6.45, 7) is 6.30.